The van der Waals surface area contributed by atoms with Crippen LogP contribution in [-0.2, 0) is 25.7 Å². The van der Waals surface area contributed by atoms with E-state index in [-0.39, 0.29) is 5.78 Å². The Morgan fingerprint density at radius 1 is 1.17 bits per heavy atom. The number of carbonyl (C=O) groups excluding carboxylic acids is 1. The van der Waals surface area contributed by atoms with Crippen molar-refractivity contribution < 1.29 is 4.79 Å². The molecule has 2 aromatic rings. The molecular formula is C20H23NOS. The number of ketones is 1. The summed E-state index contributed by atoms with van der Waals surface area (Å²) >= 11 is 1.63. The van der Waals surface area contributed by atoms with Crippen molar-refractivity contribution in [1.82, 2.24) is 0 Å². The summed E-state index contributed by atoms with van der Waals surface area (Å²) in [6, 6.07) is 6.27. The fraction of sp³-hybridized carbons (Fsp3) is 0.450. The molecule has 1 unspecified atom stereocenters. The lowest BCUT2D eigenvalue weighted by Crippen LogP contribution is -2.13. The zero-order valence-electron chi connectivity index (χ0n) is 13.7. The van der Waals surface area contributed by atoms with E-state index in [1.54, 1.807) is 11.3 Å². The lowest BCUT2D eigenvalue weighted by atomic mass is 9.85. The standard InChI is InChI=1S/C20H23NOS/c1-12-6-9-16-17(10-12)23-20(21)18(16)19(22)15-8-7-13-4-2-3-5-14(13)11-15/h7-8,11-12H,2-6,9-10,21H2,1H3. The number of nitrogen functional groups attached to an aromatic ring is 1. The fourth-order valence-corrected chi connectivity index (χ4v) is 5.32. The number of benzene rings is 1. The predicted molar refractivity (Wildman–Crippen MR) is 96.4 cm³/mol. The Hall–Kier alpha value is -1.61. The monoisotopic (exact) mass is 325 g/mol. The van der Waals surface area contributed by atoms with Gasteiger partial charge in [0.05, 0.1) is 10.6 Å². The summed E-state index contributed by atoms with van der Waals surface area (Å²) in [4.78, 5) is 14.4. The molecule has 0 saturated carbocycles. The van der Waals surface area contributed by atoms with Gasteiger partial charge in [0.15, 0.2) is 5.78 Å². The molecule has 1 aromatic heterocycles. The SMILES string of the molecule is CC1CCc2c(sc(N)c2C(=O)c2ccc3c(c2)CCCC3)C1. The van der Waals surface area contributed by atoms with Crippen LogP contribution in [0.5, 0.6) is 0 Å². The highest BCUT2D eigenvalue weighted by Crippen LogP contribution is 2.39. The summed E-state index contributed by atoms with van der Waals surface area (Å²) in [6.45, 7) is 2.28. The van der Waals surface area contributed by atoms with Gasteiger partial charge >= 0.3 is 0 Å². The average molecular weight is 325 g/mol. The Bertz CT molecular complexity index is 774. The van der Waals surface area contributed by atoms with Gasteiger partial charge in [0.2, 0.25) is 0 Å². The molecule has 0 bridgehead atoms. The third-order valence-electron chi connectivity index (χ3n) is 5.38. The van der Waals surface area contributed by atoms with Gasteiger partial charge in [0, 0.05) is 10.4 Å². The maximum atomic E-state index is 13.1. The summed E-state index contributed by atoms with van der Waals surface area (Å²) in [5.41, 5.74) is 11.9. The second-order valence-corrected chi connectivity index (χ2v) is 8.25. The maximum absolute atomic E-state index is 13.1. The van der Waals surface area contributed by atoms with Gasteiger partial charge < -0.3 is 5.73 Å². The summed E-state index contributed by atoms with van der Waals surface area (Å²) in [5, 5.41) is 0.715. The van der Waals surface area contributed by atoms with Crippen LogP contribution in [-0.4, -0.2) is 5.78 Å². The van der Waals surface area contributed by atoms with E-state index >= 15 is 0 Å². The van der Waals surface area contributed by atoms with Gasteiger partial charge in [-0.2, -0.15) is 0 Å². The van der Waals surface area contributed by atoms with Crippen LogP contribution >= 0.6 is 11.3 Å². The minimum absolute atomic E-state index is 0.128. The highest BCUT2D eigenvalue weighted by Gasteiger charge is 2.27. The van der Waals surface area contributed by atoms with Gasteiger partial charge in [-0.25, -0.2) is 0 Å². The molecule has 4 rings (SSSR count). The molecule has 0 amide bonds. The Labute approximate surface area is 141 Å². The van der Waals surface area contributed by atoms with Crippen LogP contribution in [0.1, 0.15) is 63.7 Å². The summed E-state index contributed by atoms with van der Waals surface area (Å²) in [6.07, 6.45) is 7.98. The zero-order valence-corrected chi connectivity index (χ0v) is 14.5. The van der Waals surface area contributed by atoms with E-state index in [4.69, 9.17) is 5.73 Å². The number of rotatable bonds is 2. The number of anilines is 1. The van der Waals surface area contributed by atoms with E-state index < -0.39 is 0 Å². The van der Waals surface area contributed by atoms with Crippen molar-refractivity contribution in [2.24, 2.45) is 5.92 Å². The van der Waals surface area contributed by atoms with Crippen LogP contribution in [0.4, 0.5) is 5.00 Å². The molecule has 0 saturated heterocycles. The first-order valence-corrected chi connectivity index (χ1v) is 9.51. The smallest absolute Gasteiger partial charge is 0.196 e. The molecule has 0 spiro atoms. The first-order chi connectivity index (χ1) is 11.1. The summed E-state index contributed by atoms with van der Waals surface area (Å²) in [5.74, 6) is 0.829. The molecule has 1 atom stereocenters. The maximum Gasteiger partial charge on any atom is 0.196 e. The first-order valence-electron chi connectivity index (χ1n) is 8.70. The quantitative estimate of drug-likeness (QED) is 0.822. The second kappa shape index (κ2) is 5.79. The molecule has 1 heterocycles. The van der Waals surface area contributed by atoms with Gasteiger partial charge in [-0.05, 0) is 73.6 Å². The van der Waals surface area contributed by atoms with Crippen molar-refractivity contribution >= 4 is 22.1 Å². The Morgan fingerprint density at radius 3 is 2.78 bits per heavy atom. The van der Waals surface area contributed by atoms with Gasteiger partial charge in [0.1, 0.15) is 0 Å². The molecule has 2 nitrogen and oxygen atoms in total. The first kappa shape index (κ1) is 14.9. The fourth-order valence-electron chi connectivity index (χ4n) is 4.04. The predicted octanol–water partition coefficient (Wildman–Crippen LogP) is 4.56. The normalized spacial score (nSPS) is 20.0. The van der Waals surface area contributed by atoms with Crippen molar-refractivity contribution in [3.63, 3.8) is 0 Å². The van der Waals surface area contributed by atoms with Crippen molar-refractivity contribution in [3.05, 3.63) is 50.9 Å². The third kappa shape index (κ3) is 2.61. The highest BCUT2D eigenvalue weighted by atomic mass is 32.1. The van der Waals surface area contributed by atoms with E-state index in [0.717, 1.165) is 43.2 Å². The number of carbonyl (C=O) groups is 1. The van der Waals surface area contributed by atoms with Gasteiger partial charge in [-0.1, -0.05) is 19.1 Å². The van der Waals surface area contributed by atoms with Crippen LogP contribution < -0.4 is 5.73 Å². The molecule has 0 fully saturated rings. The molecule has 1 aromatic carbocycles. The number of thiophene rings is 1. The largest absolute Gasteiger partial charge is 0.390 e. The van der Waals surface area contributed by atoms with Gasteiger partial charge in [-0.3, -0.25) is 4.79 Å². The third-order valence-corrected chi connectivity index (χ3v) is 6.46. The van der Waals surface area contributed by atoms with E-state index in [1.165, 1.54) is 34.4 Å². The van der Waals surface area contributed by atoms with Crippen LogP contribution in [0, 0.1) is 5.92 Å². The Kier molecular flexibility index (Phi) is 3.76. The molecule has 23 heavy (non-hydrogen) atoms. The molecule has 120 valence electrons. The molecule has 0 radical (unpaired) electrons. The average Bonchev–Trinajstić information content (AvgIpc) is 2.88. The van der Waals surface area contributed by atoms with E-state index in [0.29, 0.717) is 10.9 Å². The van der Waals surface area contributed by atoms with Crippen molar-refractivity contribution in [3.8, 4) is 0 Å². The number of aryl methyl sites for hydroxylation is 2. The number of hydrogen-bond acceptors (Lipinski definition) is 3. The highest BCUT2D eigenvalue weighted by molar-refractivity contribution is 7.16. The lowest BCUT2D eigenvalue weighted by molar-refractivity contribution is 0.103. The van der Waals surface area contributed by atoms with E-state index in [1.807, 2.05) is 6.07 Å². The second-order valence-electron chi connectivity index (χ2n) is 7.11. The van der Waals surface area contributed by atoms with Crippen molar-refractivity contribution in [2.45, 2.75) is 51.9 Å². The van der Waals surface area contributed by atoms with Crippen LogP contribution in [0.25, 0.3) is 0 Å². The molecular weight excluding hydrogens is 302 g/mol. The van der Waals surface area contributed by atoms with Gasteiger partial charge in [-0.15, -0.1) is 11.3 Å². The molecule has 0 aliphatic heterocycles. The van der Waals surface area contributed by atoms with Crippen molar-refractivity contribution in [1.29, 1.82) is 0 Å². The summed E-state index contributed by atoms with van der Waals surface area (Å²) < 4.78 is 0. The Morgan fingerprint density at radius 2 is 1.96 bits per heavy atom. The van der Waals surface area contributed by atoms with Crippen LogP contribution in [0.2, 0.25) is 0 Å². The van der Waals surface area contributed by atoms with E-state index in [2.05, 4.69) is 19.1 Å². The number of nitrogens with two attached hydrogens (primary N) is 1. The topological polar surface area (TPSA) is 43.1 Å². The minimum Gasteiger partial charge on any atom is -0.390 e. The van der Waals surface area contributed by atoms with Crippen LogP contribution in [0.3, 0.4) is 0 Å². The molecule has 2 aliphatic rings. The summed E-state index contributed by atoms with van der Waals surface area (Å²) in [7, 11) is 0. The molecule has 2 aliphatic carbocycles. The van der Waals surface area contributed by atoms with Crippen molar-refractivity contribution in [2.75, 3.05) is 5.73 Å². The Balaban J connectivity index is 1.72. The minimum atomic E-state index is 0.128. The number of fused-ring (bicyclic) bond motifs is 2. The van der Waals surface area contributed by atoms with E-state index in [9.17, 15) is 4.79 Å². The van der Waals surface area contributed by atoms with Crippen LogP contribution in [0.15, 0.2) is 18.2 Å². The zero-order chi connectivity index (χ0) is 16.0. The molecule has 3 heteroatoms. The lowest BCUT2D eigenvalue weighted by Gasteiger charge is -2.19. The number of hydrogen-bond donors (Lipinski definition) is 1. The molecule has 2 N–H and O–H groups in total. The van der Waals surface area contributed by atoms with Gasteiger partial charge in [0.25, 0.3) is 0 Å².